The molecule has 0 aliphatic rings. The van der Waals surface area contributed by atoms with E-state index in [4.69, 9.17) is 5.26 Å². The van der Waals surface area contributed by atoms with Crippen LogP contribution in [0, 0.1) is 11.3 Å². The van der Waals surface area contributed by atoms with Crippen molar-refractivity contribution in [2.24, 2.45) is 0 Å². The molecular weight excluding hydrogens is 1950 g/mol. The highest BCUT2D eigenvalue weighted by molar-refractivity contribution is 7.12. The van der Waals surface area contributed by atoms with Crippen LogP contribution in [0.25, 0.3) is 72.9 Å². The number of ether oxygens (including phenoxy) is 4. The maximum atomic E-state index is 12.5. The Morgan fingerprint density at radius 2 is 0.560 bits per heavy atom. The second-order valence-electron chi connectivity index (χ2n) is 28.4. The van der Waals surface area contributed by atoms with E-state index in [2.05, 4.69) is 49.5 Å². The summed E-state index contributed by atoms with van der Waals surface area (Å²) >= 11 is 9.63. The highest BCUT2D eigenvalue weighted by Crippen LogP contribution is 2.30. The van der Waals surface area contributed by atoms with E-state index in [1.54, 1.807) is 196 Å². The molecule has 0 spiro atoms. The van der Waals surface area contributed by atoms with Crippen LogP contribution in [0.5, 0.6) is 17.2 Å². The van der Waals surface area contributed by atoms with Gasteiger partial charge in [0.2, 0.25) is 0 Å². The first-order chi connectivity index (χ1) is 68.0. The molecule has 0 aliphatic heterocycles. The lowest BCUT2D eigenvalue weighted by atomic mass is 10.1. The Kier molecular flexibility index (Phi) is 35.3. The van der Waals surface area contributed by atoms with Crippen molar-refractivity contribution in [1.82, 2.24) is 58.7 Å². The van der Waals surface area contributed by atoms with Crippen LogP contribution in [0.1, 0.15) is 141 Å². The number of nitrogens with zero attached hydrogens (tertiary/aromatic N) is 13. The molecular formula is C102H70F9N13O11S6. The van der Waals surface area contributed by atoms with Crippen LogP contribution in [0.15, 0.2) is 330 Å². The van der Waals surface area contributed by atoms with Crippen molar-refractivity contribution in [3.05, 3.63) is 438 Å². The molecule has 0 unspecified atom stereocenters. The summed E-state index contributed by atoms with van der Waals surface area (Å²) in [6.45, 7) is 0. The first-order valence-electron chi connectivity index (χ1n) is 41.2. The minimum Gasteiger partial charge on any atom is -0.465 e. The molecule has 0 saturated heterocycles. The number of alkyl halides is 9. The largest absolute Gasteiger partial charge is 0.573 e. The average Bonchev–Trinajstić information content (AvgIpc) is 1.80. The average molecular weight is 2020 g/mol. The summed E-state index contributed by atoms with van der Waals surface area (Å²) in [5.74, 6) is -4.16. The van der Waals surface area contributed by atoms with Crippen molar-refractivity contribution in [3.8, 4) is 23.3 Å². The van der Waals surface area contributed by atoms with Crippen LogP contribution in [-0.4, -0.2) is 126 Å². The summed E-state index contributed by atoms with van der Waals surface area (Å²) in [6.07, 6.45) is 17.2. The van der Waals surface area contributed by atoms with E-state index in [9.17, 15) is 73.1 Å². The number of carbonyl (C=O) groups is 7. The second-order valence-corrected chi connectivity index (χ2v) is 34.2. The van der Waals surface area contributed by atoms with Gasteiger partial charge in [0.1, 0.15) is 17.2 Å². The molecule has 12 aromatic heterocycles. The van der Waals surface area contributed by atoms with Gasteiger partial charge in [-0.25, -0.2) is 32.9 Å². The number of hydrogen-bond acceptors (Lipinski definition) is 24. The van der Waals surface area contributed by atoms with Crippen LogP contribution in [-0.2, 0) is 4.74 Å². The van der Waals surface area contributed by atoms with Gasteiger partial charge < -0.3 is 18.9 Å². The van der Waals surface area contributed by atoms with Gasteiger partial charge in [-0.2, -0.15) is 35.9 Å². The van der Waals surface area contributed by atoms with Crippen molar-refractivity contribution in [2.75, 3.05) is 7.11 Å². The summed E-state index contributed by atoms with van der Waals surface area (Å²) in [6, 6.07) is 72.5. The number of thiophene rings is 6. The molecule has 0 atom stereocenters. The molecule has 0 bridgehead atoms. The highest BCUT2D eigenvalue weighted by Gasteiger charge is 2.35. The topological polar surface area (TPSA) is 287 Å². The van der Waals surface area contributed by atoms with E-state index in [0.29, 0.717) is 50.6 Å². The van der Waals surface area contributed by atoms with Gasteiger partial charge >= 0.3 is 25.1 Å². The highest BCUT2D eigenvalue weighted by atomic mass is 32.1. The molecule has 0 N–H and O–H groups in total. The number of rotatable bonds is 22. The van der Waals surface area contributed by atoms with Crippen molar-refractivity contribution in [1.29, 1.82) is 5.26 Å². The van der Waals surface area contributed by atoms with Crippen LogP contribution in [0.2, 0.25) is 0 Å². The Hall–Kier alpha value is -17.0. The molecule has 141 heavy (non-hydrogen) atoms. The molecule has 0 fully saturated rings. The molecule has 0 aliphatic carbocycles. The lowest BCUT2D eigenvalue weighted by molar-refractivity contribution is -0.275. The van der Waals surface area contributed by atoms with Gasteiger partial charge in [0, 0.05) is 94.3 Å². The normalized spacial score (nSPS) is 11.4. The number of methoxy groups -OCH3 is 1. The molecule has 6 aromatic carbocycles. The summed E-state index contributed by atoms with van der Waals surface area (Å²) in [7, 11) is 1.32. The molecule has 24 nitrogen and oxygen atoms in total. The lowest BCUT2D eigenvalue weighted by Gasteiger charge is -2.12. The van der Waals surface area contributed by atoms with Gasteiger partial charge in [-0.3, -0.25) is 28.8 Å². The van der Waals surface area contributed by atoms with Crippen LogP contribution >= 0.6 is 68.0 Å². The van der Waals surface area contributed by atoms with E-state index in [1.807, 2.05) is 190 Å². The fourth-order valence-corrected chi connectivity index (χ4v) is 15.7. The Morgan fingerprint density at radius 3 is 0.872 bits per heavy atom. The molecule has 708 valence electrons. The third-order valence-electron chi connectivity index (χ3n) is 18.5. The van der Waals surface area contributed by atoms with E-state index >= 15 is 0 Å². The quantitative estimate of drug-likeness (QED) is 0.0450. The first kappa shape index (κ1) is 101. The van der Waals surface area contributed by atoms with Crippen molar-refractivity contribution in [2.45, 2.75) is 19.1 Å². The number of carbonyl (C=O) groups excluding carboxylic acids is 7. The van der Waals surface area contributed by atoms with Gasteiger partial charge in [0.25, 0.3) is 35.4 Å². The summed E-state index contributed by atoms with van der Waals surface area (Å²) in [5, 5.41) is 45.7. The number of para-hydroxylation sites is 1. The van der Waals surface area contributed by atoms with E-state index in [-0.39, 0.29) is 40.2 Å². The second kappa shape index (κ2) is 49.1. The monoisotopic (exact) mass is 2020 g/mol. The van der Waals surface area contributed by atoms with Crippen molar-refractivity contribution in [3.63, 3.8) is 0 Å². The SMILES string of the molecule is COC(=O)c1ccc(C(=O)n2ccc(/C=C/c3cccs3)n2)cc1.N#Cc1ccc(C(=O)n2ccc(/C=C/c3cccs3)n2)cc1.O=C(c1ccc(OC(F)(F)F)cc1)n1ccc(/C=C/c2cccs2)n1.O=C(c1cccc(OC(F)(F)F)c1)n1ccc(/C=C/c2cccs2)n1.O=C(c1ccccc1)n1ccc(/C=C/c2cccs2)n1.O=C(c1ccccc1OC(F)(F)F)n1ccc(/C=C/c2cccs2)n1. The summed E-state index contributed by atoms with van der Waals surface area (Å²) < 4.78 is 134. The number of nitriles is 1. The molecule has 0 saturated carbocycles. The smallest absolute Gasteiger partial charge is 0.465 e. The van der Waals surface area contributed by atoms with Crippen LogP contribution in [0.3, 0.4) is 0 Å². The van der Waals surface area contributed by atoms with E-state index in [1.165, 1.54) is 82.2 Å². The minimum atomic E-state index is -4.88. The summed E-state index contributed by atoms with van der Waals surface area (Å²) in [4.78, 5) is 91.9. The standard InChI is InChI=1S/C18H14N2O3S.3C17H11F3N2O2S.C17H11N3OS.C16H12N2OS/c1-23-18(22)14-6-4-13(5-7-14)17(21)20-11-10-15(19-20)8-9-16-3-2-12-24-16;18-17(19,20)24-14-4-1-3-12(11-14)16(23)22-9-8-13(21-22)6-7-15-5-2-10-25-15;18-17(19,20)24-14-6-3-12(4-7-14)16(23)22-10-9-13(21-22)5-8-15-2-1-11-25-15;18-17(19,20)24-15-6-2-1-5-14(15)16(23)22-10-9-12(21-22)7-8-13-4-3-11-25-13;18-12-13-3-5-14(6-4-13)17(21)20-10-9-15(19-20)7-8-16-2-1-11-22-16;19-16(13-5-2-1-3-6-13)18-11-10-14(17-18)8-9-15-7-4-12-20-15/h2-12H,1H3;3*1-11H;1-11H;1-12H/b9-8+;7-6+;8-5+;2*8-7+;9-8+. The van der Waals surface area contributed by atoms with Gasteiger partial charge in [0.15, 0.2) is 0 Å². The maximum Gasteiger partial charge on any atom is 0.573 e. The third kappa shape index (κ3) is 31.5. The van der Waals surface area contributed by atoms with Gasteiger partial charge in [-0.15, -0.1) is 108 Å². The molecule has 0 amide bonds. The maximum absolute atomic E-state index is 12.5. The zero-order valence-corrected chi connectivity index (χ0v) is 77.7. The number of hydrogen-bond donors (Lipinski definition) is 0. The fraction of sp³-hybridized carbons (Fsp3) is 0.0392. The molecule has 39 heteroatoms. The van der Waals surface area contributed by atoms with Crippen molar-refractivity contribution >= 4 is 182 Å². The van der Waals surface area contributed by atoms with E-state index < -0.39 is 54.3 Å². The number of halogens is 9. The van der Waals surface area contributed by atoms with Crippen LogP contribution in [0.4, 0.5) is 39.5 Å². The summed E-state index contributed by atoms with van der Waals surface area (Å²) in [5.41, 5.74) is 6.35. The Labute approximate surface area is 820 Å². The van der Waals surface area contributed by atoms with Crippen molar-refractivity contribution < 1.29 is 92.0 Å². The zero-order chi connectivity index (χ0) is 99.7. The predicted octanol–water partition coefficient (Wildman–Crippen LogP) is 25.2. The minimum absolute atomic E-state index is 0.0404. The zero-order valence-electron chi connectivity index (χ0n) is 72.8. The number of benzene rings is 6. The molecule has 18 rings (SSSR count). The molecule has 18 aromatic rings. The first-order valence-corrected chi connectivity index (χ1v) is 46.5. The Balaban J connectivity index is 0.000000143. The Morgan fingerprint density at radius 1 is 0.284 bits per heavy atom. The predicted molar refractivity (Wildman–Crippen MR) is 526 cm³/mol. The Bertz CT molecular complexity index is 7410. The number of aromatic nitrogens is 12. The van der Waals surface area contributed by atoms with Gasteiger partial charge in [-0.1, -0.05) is 72.8 Å². The number of esters is 1. The van der Waals surface area contributed by atoms with Crippen LogP contribution < -0.4 is 14.2 Å². The molecule has 0 radical (unpaired) electrons. The third-order valence-corrected chi connectivity index (χ3v) is 23.5. The van der Waals surface area contributed by atoms with Gasteiger partial charge in [-0.05, 0) is 293 Å². The van der Waals surface area contributed by atoms with Gasteiger partial charge in [0.05, 0.1) is 64.0 Å². The fourth-order valence-electron chi connectivity index (χ4n) is 12.0. The molecule has 12 heterocycles. The van der Waals surface area contributed by atoms with E-state index in [0.717, 1.165) is 85.0 Å². The lowest BCUT2D eigenvalue weighted by Crippen LogP contribution is -2.21.